The Morgan fingerprint density at radius 3 is 2.19 bits per heavy atom. The number of fused-ring (bicyclic) bond motifs is 1. The number of alkyl halides is 3. The van der Waals surface area contributed by atoms with Crippen LogP contribution in [0.4, 0.5) is 13.2 Å². The van der Waals surface area contributed by atoms with E-state index in [1.165, 1.54) is 17.7 Å². The molecule has 0 aliphatic carbocycles. The van der Waals surface area contributed by atoms with Gasteiger partial charge in [0.15, 0.2) is 0 Å². The molecule has 3 aromatic carbocycles. The summed E-state index contributed by atoms with van der Waals surface area (Å²) < 4.78 is 49.8. The number of rotatable bonds is 9. The van der Waals surface area contributed by atoms with Crippen LogP contribution in [0.3, 0.4) is 0 Å². The normalized spacial score (nSPS) is 12.2. The summed E-state index contributed by atoms with van der Waals surface area (Å²) in [4.78, 5) is 5.97. The van der Waals surface area contributed by atoms with Gasteiger partial charge in [0, 0.05) is 11.4 Å². The lowest BCUT2D eigenvalue weighted by atomic mass is 9.87. The topological polar surface area (TPSA) is 36.3 Å². The number of ether oxygens (including phenoxy) is 2. The number of benzene rings is 3. The Morgan fingerprint density at radius 1 is 0.892 bits per heavy atom. The van der Waals surface area contributed by atoms with Gasteiger partial charge < -0.3 is 14.0 Å². The minimum atomic E-state index is -4.72. The van der Waals surface area contributed by atoms with Crippen molar-refractivity contribution in [3.8, 4) is 11.5 Å². The first-order chi connectivity index (χ1) is 17.5. The number of imidazole rings is 1. The average molecular weight is 529 g/mol. The lowest BCUT2D eigenvalue weighted by Crippen LogP contribution is -2.17. The van der Waals surface area contributed by atoms with E-state index >= 15 is 0 Å². The summed E-state index contributed by atoms with van der Waals surface area (Å²) in [6, 6.07) is 20.2. The maximum Gasteiger partial charge on any atom is 0.573 e. The summed E-state index contributed by atoms with van der Waals surface area (Å²) in [5.74, 6) is 2.26. The summed E-state index contributed by atoms with van der Waals surface area (Å²) in [7, 11) is 0. The SMILES string of the molecule is CCCSc1ccc2nc(COc3ccc(C(C)(C)C)cc3)n(Cc3ccc(OC(F)(F)F)cc3)c2c1. The first kappa shape index (κ1) is 26.9. The molecule has 8 heteroatoms. The first-order valence-corrected chi connectivity index (χ1v) is 13.2. The van der Waals surface area contributed by atoms with Gasteiger partial charge in [-0.3, -0.25) is 0 Å². The second-order valence-electron chi connectivity index (χ2n) is 9.87. The van der Waals surface area contributed by atoms with E-state index in [-0.39, 0.29) is 17.8 Å². The molecule has 4 aromatic rings. The fourth-order valence-electron chi connectivity index (χ4n) is 3.93. The van der Waals surface area contributed by atoms with Crippen LogP contribution in [0, 0.1) is 0 Å². The Bertz CT molecular complexity index is 1330. The molecule has 0 aliphatic heterocycles. The minimum Gasteiger partial charge on any atom is -0.486 e. The van der Waals surface area contributed by atoms with Crippen molar-refractivity contribution in [3.63, 3.8) is 0 Å². The minimum absolute atomic E-state index is 0.0562. The highest BCUT2D eigenvalue weighted by Gasteiger charge is 2.31. The first-order valence-electron chi connectivity index (χ1n) is 12.2. The molecule has 0 fully saturated rings. The molecule has 0 bridgehead atoms. The zero-order chi connectivity index (χ0) is 26.6. The largest absolute Gasteiger partial charge is 0.573 e. The molecular weight excluding hydrogens is 497 g/mol. The van der Waals surface area contributed by atoms with Crippen molar-refractivity contribution < 1.29 is 22.6 Å². The van der Waals surface area contributed by atoms with E-state index in [9.17, 15) is 13.2 Å². The molecule has 4 rings (SSSR count). The second kappa shape index (κ2) is 11.1. The third kappa shape index (κ3) is 7.22. The monoisotopic (exact) mass is 528 g/mol. The molecule has 0 radical (unpaired) electrons. The zero-order valence-corrected chi connectivity index (χ0v) is 22.2. The van der Waals surface area contributed by atoms with Gasteiger partial charge in [-0.25, -0.2) is 4.98 Å². The van der Waals surface area contributed by atoms with Crippen molar-refractivity contribution in [2.75, 3.05) is 5.75 Å². The third-order valence-corrected chi connectivity index (χ3v) is 7.06. The van der Waals surface area contributed by atoms with Crippen LogP contribution < -0.4 is 9.47 Å². The lowest BCUT2D eigenvalue weighted by Gasteiger charge is -2.19. The van der Waals surface area contributed by atoms with Crippen LogP contribution in [0.5, 0.6) is 11.5 Å². The molecule has 0 aliphatic rings. The molecule has 0 saturated heterocycles. The van der Waals surface area contributed by atoms with Crippen molar-refractivity contribution in [2.24, 2.45) is 0 Å². The lowest BCUT2D eigenvalue weighted by molar-refractivity contribution is -0.274. The van der Waals surface area contributed by atoms with Gasteiger partial charge in [-0.05, 0) is 71.2 Å². The molecule has 0 amide bonds. The summed E-state index contributed by atoms with van der Waals surface area (Å²) in [5, 5.41) is 0. The van der Waals surface area contributed by atoms with Crippen LogP contribution in [0.2, 0.25) is 0 Å². The van der Waals surface area contributed by atoms with Gasteiger partial charge >= 0.3 is 6.36 Å². The fraction of sp³-hybridized carbons (Fsp3) is 0.345. The number of hydrogen-bond acceptors (Lipinski definition) is 4. The van der Waals surface area contributed by atoms with Crippen LogP contribution in [-0.4, -0.2) is 21.7 Å². The maximum absolute atomic E-state index is 12.6. The summed E-state index contributed by atoms with van der Waals surface area (Å²) in [6.07, 6.45) is -3.65. The van der Waals surface area contributed by atoms with E-state index in [4.69, 9.17) is 9.72 Å². The smallest absolute Gasteiger partial charge is 0.486 e. The third-order valence-electron chi connectivity index (χ3n) is 5.86. The Kier molecular flexibility index (Phi) is 8.07. The highest BCUT2D eigenvalue weighted by molar-refractivity contribution is 7.99. The Hall–Kier alpha value is -3.13. The molecule has 0 spiro atoms. The molecular formula is C29H31F3N2O2S. The molecule has 1 heterocycles. The van der Waals surface area contributed by atoms with Crippen molar-refractivity contribution in [3.05, 3.63) is 83.7 Å². The van der Waals surface area contributed by atoms with Gasteiger partial charge in [0.2, 0.25) is 0 Å². The van der Waals surface area contributed by atoms with Crippen LogP contribution in [0.25, 0.3) is 11.0 Å². The van der Waals surface area contributed by atoms with Crippen LogP contribution in [-0.2, 0) is 18.6 Å². The molecule has 0 N–H and O–H groups in total. The molecule has 0 saturated carbocycles. The number of thioether (sulfide) groups is 1. The van der Waals surface area contributed by atoms with Crippen LogP contribution in [0.15, 0.2) is 71.6 Å². The van der Waals surface area contributed by atoms with Crippen molar-refractivity contribution in [2.45, 2.75) is 63.9 Å². The summed E-state index contributed by atoms with van der Waals surface area (Å²) in [5.41, 5.74) is 3.91. The van der Waals surface area contributed by atoms with Crippen molar-refractivity contribution >= 4 is 22.8 Å². The number of halogens is 3. The molecule has 4 nitrogen and oxygen atoms in total. The summed E-state index contributed by atoms with van der Waals surface area (Å²) in [6.45, 7) is 9.34. The predicted molar refractivity (Wildman–Crippen MR) is 142 cm³/mol. The molecule has 196 valence electrons. The highest BCUT2D eigenvalue weighted by atomic mass is 32.2. The predicted octanol–water partition coefficient (Wildman–Crippen LogP) is 8.36. The van der Waals surface area contributed by atoms with E-state index in [1.54, 1.807) is 23.9 Å². The number of hydrogen-bond donors (Lipinski definition) is 0. The van der Waals surface area contributed by atoms with Gasteiger partial charge in [0.25, 0.3) is 0 Å². The van der Waals surface area contributed by atoms with E-state index in [2.05, 4.69) is 61.3 Å². The molecule has 0 atom stereocenters. The molecule has 1 aromatic heterocycles. The van der Waals surface area contributed by atoms with Gasteiger partial charge in [0.05, 0.1) is 11.0 Å². The quantitative estimate of drug-likeness (QED) is 0.205. The zero-order valence-electron chi connectivity index (χ0n) is 21.4. The Balaban J connectivity index is 1.61. The van der Waals surface area contributed by atoms with E-state index < -0.39 is 6.36 Å². The Morgan fingerprint density at radius 2 is 1.57 bits per heavy atom. The fourth-order valence-corrected chi connectivity index (χ4v) is 4.73. The summed E-state index contributed by atoms with van der Waals surface area (Å²) >= 11 is 1.78. The number of aromatic nitrogens is 2. The van der Waals surface area contributed by atoms with Gasteiger partial charge in [-0.15, -0.1) is 24.9 Å². The standard InChI is InChI=1S/C29H31F3N2O2S/c1-5-16-37-24-14-15-25-26(17-24)34(18-20-6-10-23(11-7-20)36-29(30,31)32)27(33-25)19-35-22-12-8-21(9-13-22)28(2,3)4/h6-15,17H,5,16,18-19H2,1-4H3. The number of nitrogens with zero attached hydrogens (tertiary/aromatic N) is 2. The molecule has 0 unspecified atom stereocenters. The maximum atomic E-state index is 12.6. The van der Waals surface area contributed by atoms with Crippen LogP contribution in [0.1, 0.15) is 51.1 Å². The second-order valence-corrected chi connectivity index (χ2v) is 11.0. The Labute approximate surface area is 219 Å². The van der Waals surface area contributed by atoms with Crippen LogP contribution >= 0.6 is 11.8 Å². The van der Waals surface area contributed by atoms with Gasteiger partial charge in [0.1, 0.15) is 23.9 Å². The van der Waals surface area contributed by atoms with Gasteiger partial charge in [-0.1, -0.05) is 52.0 Å². The van der Waals surface area contributed by atoms with E-state index in [0.29, 0.717) is 6.54 Å². The highest BCUT2D eigenvalue weighted by Crippen LogP contribution is 2.28. The van der Waals surface area contributed by atoms with Crippen molar-refractivity contribution in [1.29, 1.82) is 0 Å². The van der Waals surface area contributed by atoms with E-state index in [1.807, 2.05) is 18.2 Å². The average Bonchev–Trinajstić information content (AvgIpc) is 3.18. The van der Waals surface area contributed by atoms with Crippen molar-refractivity contribution in [1.82, 2.24) is 9.55 Å². The van der Waals surface area contributed by atoms with Gasteiger partial charge in [-0.2, -0.15) is 0 Å². The van der Waals surface area contributed by atoms with E-state index in [0.717, 1.165) is 45.2 Å². The molecule has 37 heavy (non-hydrogen) atoms.